The Balaban J connectivity index is 1.62. The van der Waals surface area contributed by atoms with Crippen LogP contribution in [0.4, 0.5) is 4.39 Å². The molecule has 0 aliphatic heterocycles. The van der Waals surface area contributed by atoms with E-state index in [1.165, 1.54) is 29.6 Å². The Kier molecular flexibility index (Phi) is 6.17. The molecule has 0 aromatic heterocycles. The fourth-order valence-electron chi connectivity index (χ4n) is 2.38. The van der Waals surface area contributed by atoms with Gasteiger partial charge in [-0.05, 0) is 22.8 Å². The lowest BCUT2D eigenvalue weighted by Crippen LogP contribution is -2.06. The van der Waals surface area contributed by atoms with E-state index in [0.29, 0.717) is 16.3 Å². The molecule has 0 saturated carbocycles. The second-order valence-corrected chi connectivity index (χ2v) is 6.56. The zero-order chi connectivity index (χ0) is 18.2. The smallest absolute Gasteiger partial charge is 0.180 e. The normalized spacial score (nSPS) is 11.8. The summed E-state index contributed by atoms with van der Waals surface area (Å²) in [4.78, 5) is 0. The van der Waals surface area contributed by atoms with Crippen molar-refractivity contribution in [3.05, 3.63) is 95.8 Å². The molecule has 0 amide bonds. The zero-order valence-electron chi connectivity index (χ0n) is 14.0. The summed E-state index contributed by atoms with van der Waals surface area (Å²) < 4.78 is 14.3. The Bertz CT molecular complexity index is 909. The van der Waals surface area contributed by atoms with Gasteiger partial charge in [-0.2, -0.15) is 5.10 Å². The van der Waals surface area contributed by atoms with E-state index in [9.17, 15) is 4.39 Å². The first-order valence-corrected chi connectivity index (χ1v) is 9.09. The van der Waals surface area contributed by atoms with E-state index >= 15 is 0 Å². The lowest BCUT2D eigenvalue weighted by atomic mass is 10.0. The number of halogens is 1. The van der Waals surface area contributed by atoms with Crippen LogP contribution in [0.2, 0.25) is 0 Å². The van der Waals surface area contributed by atoms with Crippen LogP contribution in [0.5, 0.6) is 0 Å². The second-order valence-electron chi connectivity index (χ2n) is 5.56. The largest absolute Gasteiger partial charge is 0.377 e. The van der Waals surface area contributed by atoms with Crippen molar-refractivity contribution in [2.75, 3.05) is 0 Å². The van der Waals surface area contributed by atoms with Gasteiger partial charge in [0.15, 0.2) is 5.17 Å². The minimum absolute atomic E-state index is 0.296. The molecule has 0 atom stereocenters. The Labute approximate surface area is 156 Å². The van der Waals surface area contributed by atoms with Crippen molar-refractivity contribution >= 4 is 23.1 Å². The van der Waals surface area contributed by atoms with Crippen molar-refractivity contribution in [2.24, 2.45) is 15.9 Å². The van der Waals surface area contributed by atoms with E-state index in [-0.39, 0.29) is 5.82 Å². The SMILES string of the molecule is NC(=NN=Cc1ccc(-c2ccccc2)c(F)c1)SCc1ccccc1. The summed E-state index contributed by atoms with van der Waals surface area (Å²) in [6.45, 7) is 0. The van der Waals surface area contributed by atoms with Crippen molar-refractivity contribution in [1.82, 2.24) is 0 Å². The number of nitrogens with zero attached hydrogens (tertiary/aromatic N) is 2. The molecule has 0 heterocycles. The zero-order valence-corrected chi connectivity index (χ0v) is 14.9. The van der Waals surface area contributed by atoms with Gasteiger partial charge in [0, 0.05) is 11.3 Å². The first-order valence-electron chi connectivity index (χ1n) is 8.10. The average Bonchev–Trinajstić information content (AvgIpc) is 2.68. The molecule has 26 heavy (non-hydrogen) atoms. The van der Waals surface area contributed by atoms with Gasteiger partial charge in [0.25, 0.3) is 0 Å². The quantitative estimate of drug-likeness (QED) is 0.391. The fourth-order valence-corrected chi connectivity index (χ4v) is 2.99. The van der Waals surface area contributed by atoms with Crippen LogP contribution in [0.25, 0.3) is 11.1 Å². The summed E-state index contributed by atoms with van der Waals surface area (Å²) in [5, 5.41) is 8.26. The lowest BCUT2D eigenvalue weighted by molar-refractivity contribution is 0.631. The van der Waals surface area contributed by atoms with Crippen LogP contribution in [-0.4, -0.2) is 11.4 Å². The molecule has 3 aromatic rings. The van der Waals surface area contributed by atoms with Crippen molar-refractivity contribution in [3.63, 3.8) is 0 Å². The van der Waals surface area contributed by atoms with Crippen LogP contribution < -0.4 is 5.73 Å². The molecule has 0 fully saturated rings. The number of rotatable bonds is 5. The van der Waals surface area contributed by atoms with Crippen molar-refractivity contribution < 1.29 is 4.39 Å². The van der Waals surface area contributed by atoms with Gasteiger partial charge >= 0.3 is 0 Å². The number of hydrogen-bond donors (Lipinski definition) is 1. The van der Waals surface area contributed by atoms with Gasteiger partial charge in [-0.3, -0.25) is 0 Å². The number of thioether (sulfide) groups is 1. The van der Waals surface area contributed by atoms with Crippen LogP contribution in [-0.2, 0) is 5.75 Å². The Hall–Kier alpha value is -2.92. The number of amidine groups is 1. The van der Waals surface area contributed by atoms with Crippen LogP contribution in [0.15, 0.2) is 89.1 Å². The van der Waals surface area contributed by atoms with Crippen LogP contribution in [0.1, 0.15) is 11.1 Å². The molecule has 0 aliphatic carbocycles. The summed E-state index contributed by atoms with van der Waals surface area (Å²) in [6, 6.07) is 24.4. The van der Waals surface area contributed by atoms with Crippen molar-refractivity contribution in [2.45, 2.75) is 5.75 Å². The van der Waals surface area contributed by atoms with Gasteiger partial charge in [-0.1, -0.05) is 84.6 Å². The standard InChI is InChI=1S/C21H18FN3S/c22-20-13-17(11-12-19(20)18-9-5-2-6-10-18)14-24-25-21(23)26-15-16-7-3-1-4-8-16/h1-14H,15H2,(H2,23,25). The van der Waals surface area contributed by atoms with E-state index in [1.54, 1.807) is 12.1 Å². The minimum atomic E-state index is -0.296. The van der Waals surface area contributed by atoms with E-state index in [2.05, 4.69) is 10.2 Å². The van der Waals surface area contributed by atoms with Crippen molar-refractivity contribution in [3.8, 4) is 11.1 Å². The van der Waals surface area contributed by atoms with E-state index in [0.717, 1.165) is 11.3 Å². The molecule has 3 nitrogen and oxygen atoms in total. The molecule has 3 aromatic carbocycles. The maximum absolute atomic E-state index is 14.3. The van der Waals surface area contributed by atoms with Gasteiger partial charge in [0.05, 0.1) is 6.21 Å². The van der Waals surface area contributed by atoms with Crippen LogP contribution in [0, 0.1) is 5.82 Å². The van der Waals surface area contributed by atoms with Gasteiger partial charge in [-0.15, -0.1) is 5.10 Å². The van der Waals surface area contributed by atoms with Gasteiger partial charge in [-0.25, -0.2) is 4.39 Å². The highest BCUT2D eigenvalue weighted by molar-refractivity contribution is 8.13. The summed E-state index contributed by atoms with van der Waals surface area (Å²) in [5.41, 5.74) is 9.04. The maximum Gasteiger partial charge on any atom is 0.180 e. The number of nitrogens with two attached hydrogens (primary N) is 1. The molecule has 0 unspecified atom stereocenters. The van der Waals surface area contributed by atoms with Gasteiger partial charge < -0.3 is 5.73 Å². The van der Waals surface area contributed by atoms with Gasteiger partial charge in [0.1, 0.15) is 5.82 Å². The van der Waals surface area contributed by atoms with E-state index in [1.807, 2.05) is 60.7 Å². The Morgan fingerprint density at radius 1 is 0.962 bits per heavy atom. The fraction of sp³-hybridized carbons (Fsp3) is 0.0476. The third-order valence-electron chi connectivity index (χ3n) is 3.67. The number of benzene rings is 3. The van der Waals surface area contributed by atoms with E-state index in [4.69, 9.17) is 5.73 Å². The summed E-state index contributed by atoms with van der Waals surface area (Å²) in [5.74, 6) is 0.432. The molecule has 5 heteroatoms. The molecule has 0 saturated heterocycles. The third kappa shape index (κ3) is 5.04. The third-order valence-corrected chi connectivity index (χ3v) is 4.53. The highest BCUT2D eigenvalue weighted by Gasteiger charge is 2.04. The van der Waals surface area contributed by atoms with E-state index < -0.39 is 0 Å². The molecule has 0 spiro atoms. The average molecular weight is 363 g/mol. The highest BCUT2D eigenvalue weighted by atomic mass is 32.2. The molecular formula is C21H18FN3S. The first-order chi connectivity index (χ1) is 12.7. The summed E-state index contributed by atoms with van der Waals surface area (Å²) in [6.07, 6.45) is 1.49. The topological polar surface area (TPSA) is 50.7 Å². The molecule has 0 aliphatic rings. The minimum Gasteiger partial charge on any atom is -0.377 e. The molecular weight excluding hydrogens is 345 g/mol. The maximum atomic E-state index is 14.3. The monoisotopic (exact) mass is 363 g/mol. The highest BCUT2D eigenvalue weighted by Crippen LogP contribution is 2.22. The van der Waals surface area contributed by atoms with Gasteiger partial charge in [0.2, 0.25) is 0 Å². The lowest BCUT2D eigenvalue weighted by Gasteiger charge is -2.04. The predicted octanol–water partition coefficient (Wildman–Crippen LogP) is 5.07. The summed E-state index contributed by atoms with van der Waals surface area (Å²) >= 11 is 1.41. The second kappa shape index (κ2) is 8.97. The summed E-state index contributed by atoms with van der Waals surface area (Å²) in [7, 11) is 0. The van der Waals surface area contributed by atoms with Crippen LogP contribution in [0.3, 0.4) is 0 Å². The Morgan fingerprint density at radius 3 is 2.35 bits per heavy atom. The molecule has 0 radical (unpaired) electrons. The first kappa shape index (κ1) is 17.9. The molecule has 2 N–H and O–H groups in total. The van der Waals surface area contributed by atoms with Crippen LogP contribution >= 0.6 is 11.8 Å². The molecule has 0 bridgehead atoms. The van der Waals surface area contributed by atoms with Crippen molar-refractivity contribution in [1.29, 1.82) is 0 Å². The molecule has 3 rings (SSSR count). The molecule has 130 valence electrons. The Morgan fingerprint density at radius 2 is 1.65 bits per heavy atom. The number of hydrogen-bond acceptors (Lipinski definition) is 3. The predicted molar refractivity (Wildman–Crippen MR) is 109 cm³/mol.